The predicted molar refractivity (Wildman–Crippen MR) is 59.6 cm³/mol. The van der Waals surface area contributed by atoms with Crippen LogP contribution in [0.2, 0.25) is 0 Å². The molecule has 82 valence electrons. The van der Waals surface area contributed by atoms with Crippen LogP contribution in [0.1, 0.15) is 23.2 Å². The summed E-state index contributed by atoms with van der Waals surface area (Å²) in [5, 5.41) is 10.2. The lowest BCUT2D eigenvalue weighted by atomic mass is 10.0. The first kappa shape index (κ1) is 9.73. The number of fused-ring (bicyclic) bond motifs is 2. The van der Waals surface area contributed by atoms with Gasteiger partial charge in [-0.2, -0.15) is 0 Å². The van der Waals surface area contributed by atoms with E-state index in [1.54, 1.807) is 6.07 Å². The SMILES string of the molecule is OCc1c2c(nc3ccc(F)cc13)CCC2. The highest BCUT2D eigenvalue weighted by Gasteiger charge is 2.18. The minimum Gasteiger partial charge on any atom is -0.392 e. The monoisotopic (exact) mass is 217 g/mol. The smallest absolute Gasteiger partial charge is 0.123 e. The van der Waals surface area contributed by atoms with Gasteiger partial charge in [0.1, 0.15) is 5.82 Å². The molecule has 0 amide bonds. The van der Waals surface area contributed by atoms with Gasteiger partial charge in [0.05, 0.1) is 12.1 Å². The van der Waals surface area contributed by atoms with Gasteiger partial charge in [-0.15, -0.1) is 0 Å². The average Bonchev–Trinajstić information content (AvgIpc) is 2.73. The molecule has 2 aromatic rings. The summed E-state index contributed by atoms with van der Waals surface area (Å²) in [6, 6.07) is 4.56. The Bertz CT molecular complexity index is 565. The Morgan fingerprint density at radius 1 is 1.31 bits per heavy atom. The lowest BCUT2D eigenvalue weighted by molar-refractivity contribution is 0.282. The van der Waals surface area contributed by atoms with Crippen LogP contribution in [0.4, 0.5) is 4.39 Å². The third-order valence-electron chi connectivity index (χ3n) is 3.25. The van der Waals surface area contributed by atoms with E-state index >= 15 is 0 Å². The van der Waals surface area contributed by atoms with Gasteiger partial charge >= 0.3 is 0 Å². The highest BCUT2D eigenvalue weighted by Crippen LogP contribution is 2.30. The van der Waals surface area contributed by atoms with Crippen LogP contribution in [0.3, 0.4) is 0 Å². The molecule has 1 aromatic heterocycles. The number of halogens is 1. The maximum Gasteiger partial charge on any atom is 0.123 e. The first-order valence-electron chi connectivity index (χ1n) is 5.50. The van der Waals surface area contributed by atoms with E-state index in [4.69, 9.17) is 0 Å². The number of aryl methyl sites for hydroxylation is 1. The number of aliphatic hydroxyl groups is 1. The van der Waals surface area contributed by atoms with Crippen LogP contribution >= 0.6 is 0 Å². The topological polar surface area (TPSA) is 33.1 Å². The fourth-order valence-electron chi connectivity index (χ4n) is 2.51. The molecular formula is C13H12FNO. The molecule has 0 bridgehead atoms. The van der Waals surface area contributed by atoms with E-state index in [9.17, 15) is 9.50 Å². The molecule has 1 aliphatic carbocycles. The van der Waals surface area contributed by atoms with Crippen molar-refractivity contribution in [2.45, 2.75) is 25.9 Å². The van der Waals surface area contributed by atoms with Gasteiger partial charge in [0.2, 0.25) is 0 Å². The number of aromatic nitrogens is 1. The zero-order chi connectivity index (χ0) is 11.1. The Morgan fingerprint density at radius 3 is 3.00 bits per heavy atom. The highest BCUT2D eigenvalue weighted by molar-refractivity contribution is 5.84. The molecule has 0 saturated heterocycles. The number of nitrogens with zero attached hydrogens (tertiary/aromatic N) is 1. The van der Waals surface area contributed by atoms with Gasteiger partial charge in [-0.1, -0.05) is 0 Å². The number of hydrogen-bond acceptors (Lipinski definition) is 2. The van der Waals surface area contributed by atoms with E-state index in [1.165, 1.54) is 12.1 Å². The second kappa shape index (κ2) is 3.52. The normalized spacial score (nSPS) is 14.4. The van der Waals surface area contributed by atoms with Crippen LogP contribution in [-0.2, 0) is 19.4 Å². The largest absolute Gasteiger partial charge is 0.392 e. The zero-order valence-corrected chi connectivity index (χ0v) is 8.83. The first-order valence-corrected chi connectivity index (χ1v) is 5.50. The summed E-state index contributed by atoms with van der Waals surface area (Å²) < 4.78 is 13.2. The third-order valence-corrected chi connectivity index (χ3v) is 3.25. The Kier molecular flexibility index (Phi) is 2.14. The fourth-order valence-corrected chi connectivity index (χ4v) is 2.51. The van der Waals surface area contributed by atoms with Gasteiger partial charge < -0.3 is 5.11 Å². The van der Waals surface area contributed by atoms with E-state index < -0.39 is 0 Å². The van der Waals surface area contributed by atoms with Gasteiger partial charge in [0.15, 0.2) is 0 Å². The van der Waals surface area contributed by atoms with Crippen LogP contribution in [0.15, 0.2) is 18.2 Å². The van der Waals surface area contributed by atoms with Crippen molar-refractivity contribution in [1.82, 2.24) is 4.98 Å². The second-order valence-corrected chi connectivity index (χ2v) is 4.19. The summed E-state index contributed by atoms with van der Waals surface area (Å²) in [5.41, 5.74) is 3.84. The van der Waals surface area contributed by atoms with Crippen LogP contribution in [-0.4, -0.2) is 10.1 Å². The lowest BCUT2D eigenvalue weighted by Crippen LogP contribution is -1.99. The molecule has 1 aromatic carbocycles. The van der Waals surface area contributed by atoms with E-state index in [0.717, 1.165) is 47.0 Å². The van der Waals surface area contributed by atoms with Crippen molar-refractivity contribution < 1.29 is 9.50 Å². The molecule has 0 aliphatic heterocycles. The Labute approximate surface area is 92.7 Å². The minimum absolute atomic E-state index is 0.0369. The van der Waals surface area contributed by atoms with Gasteiger partial charge in [0.25, 0.3) is 0 Å². The zero-order valence-electron chi connectivity index (χ0n) is 8.83. The molecule has 0 fully saturated rings. The molecular weight excluding hydrogens is 205 g/mol. The van der Waals surface area contributed by atoms with Crippen LogP contribution in [0.5, 0.6) is 0 Å². The molecule has 1 aliphatic rings. The third kappa shape index (κ3) is 1.32. The Hall–Kier alpha value is -1.48. The van der Waals surface area contributed by atoms with E-state index in [2.05, 4.69) is 4.98 Å². The minimum atomic E-state index is -0.276. The van der Waals surface area contributed by atoms with Gasteiger partial charge in [-0.25, -0.2) is 4.39 Å². The maximum absolute atomic E-state index is 13.2. The van der Waals surface area contributed by atoms with E-state index in [-0.39, 0.29) is 12.4 Å². The van der Waals surface area contributed by atoms with Crippen molar-refractivity contribution in [2.75, 3.05) is 0 Å². The number of hydrogen-bond donors (Lipinski definition) is 1. The highest BCUT2D eigenvalue weighted by atomic mass is 19.1. The Morgan fingerprint density at radius 2 is 2.19 bits per heavy atom. The second-order valence-electron chi connectivity index (χ2n) is 4.19. The standard InChI is InChI=1S/C13H12FNO/c14-8-4-5-13-10(6-8)11(7-16)9-2-1-3-12(9)15-13/h4-6,16H,1-3,7H2. The van der Waals surface area contributed by atoms with Crippen molar-refractivity contribution in [3.63, 3.8) is 0 Å². The fraction of sp³-hybridized carbons (Fsp3) is 0.308. The van der Waals surface area contributed by atoms with Crippen molar-refractivity contribution in [3.05, 3.63) is 40.8 Å². The van der Waals surface area contributed by atoms with Crippen LogP contribution in [0.25, 0.3) is 10.9 Å². The first-order chi connectivity index (χ1) is 7.79. The van der Waals surface area contributed by atoms with Crippen molar-refractivity contribution in [1.29, 1.82) is 0 Å². The van der Waals surface area contributed by atoms with Crippen molar-refractivity contribution in [2.24, 2.45) is 0 Å². The molecule has 0 atom stereocenters. The molecule has 0 spiro atoms. The number of benzene rings is 1. The van der Waals surface area contributed by atoms with Crippen LogP contribution in [0, 0.1) is 5.82 Å². The summed E-state index contributed by atoms with van der Waals surface area (Å²) in [6.45, 7) is -0.0369. The summed E-state index contributed by atoms with van der Waals surface area (Å²) >= 11 is 0. The van der Waals surface area contributed by atoms with Crippen LogP contribution < -0.4 is 0 Å². The summed E-state index contributed by atoms with van der Waals surface area (Å²) in [4.78, 5) is 4.53. The molecule has 0 radical (unpaired) electrons. The summed E-state index contributed by atoms with van der Waals surface area (Å²) in [5.74, 6) is -0.276. The molecule has 16 heavy (non-hydrogen) atoms. The summed E-state index contributed by atoms with van der Waals surface area (Å²) in [6.07, 6.45) is 2.99. The van der Waals surface area contributed by atoms with E-state index in [1.807, 2.05) is 0 Å². The Balaban J connectivity index is 2.40. The van der Waals surface area contributed by atoms with Gasteiger partial charge in [0, 0.05) is 11.1 Å². The molecule has 1 N–H and O–H groups in total. The van der Waals surface area contributed by atoms with E-state index in [0.29, 0.717) is 0 Å². The van der Waals surface area contributed by atoms with Gasteiger partial charge in [-0.05, 0) is 48.6 Å². The quantitative estimate of drug-likeness (QED) is 0.795. The molecule has 0 unspecified atom stereocenters. The lowest BCUT2D eigenvalue weighted by Gasteiger charge is -2.09. The average molecular weight is 217 g/mol. The maximum atomic E-state index is 13.2. The molecule has 1 heterocycles. The predicted octanol–water partition coefficient (Wildman–Crippen LogP) is 2.35. The van der Waals surface area contributed by atoms with Crippen molar-refractivity contribution in [3.8, 4) is 0 Å². The molecule has 2 nitrogen and oxygen atoms in total. The molecule has 3 heteroatoms. The molecule has 3 rings (SSSR count). The van der Waals surface area contributed by atoms with Crippen molar-refractivity contribution >= 4 is 10.9 Å². The number of pyridine rings is 1. The molecule has 0 saturated carbocycles. The number of rotatable bonds is 1. The number of aliphatic hydroxyl groups excluding tert-OH is 1. The van der Waals surface area contributed by atoms with Gasteiger partial charge in [-0.3, -0.25) is 4.98 Å². The summed E-state index contributed by atoms with van der Waals surface area (Å²) in [7, 11) is 0.